The lowest BCUT2D eigenvalue weighted by molar-refractivity contribution is -0.135. The molecule has 0 radical (unpaired) electrons. The van der Waals surface area contributed by atoms with Gasteiger partial charge in [0.2, 0.25) is 0 Å². The van der Waals surface area contributed by atoms with Gasteiger partial charge in [0.15, 0.2) is 23.4 Å². The van der Waals surface area contributed by atoms with Crippen molar-refractivity contribution in [1.82, 2.24) is 4.90 Å². The molecule has 0 aromatic heterocycles. The summed E-state index contributed by atoms with van der Waals surface area (Å²) in [7, 11) is 5.28. The van der Waals surface area contributed by atoms with Gasteiger partial charge in [0, 0.05) is 41.5 Å². The molecule has 5 atom stereocenters. The minimum Gasteiger partial charge on any atom is -0.493 e. The highest BCUT2D eigenvalue weighted by atomic mass is 16.5. The van der Waals surface area contributed by atoms with E-state index in [1.165, 1.54) is 37.2 Å². The van der Waals surface area contributed by atoms with Crippen molar-refractivity contribution in [2.24, 2.45) is 11.8 Å². The molecule has 0 N–H and O–H groups in total. The molecule has 4 unspecified atom stereocenters. The molecular weight excluding hydrogens is 406 g/mol. The summed E-state index contributed by atoms with van der Waals surface area (Å²) >= 11 is 0. The second-order valence-electron chi connectivity index (χ2n) is 10.7. The Hall–Kier alpha value is -2.34. The van der Waals surface area contributed by atoms with Crippen LogP contribution in [0.1, 0.15) is 55.7 Å². The van der Waals surface area contributed by atoms with Crippen molar-refractivity contribution in [2.45, 2.75) is 62.0 Å². The predicted molar refractivity (Wildman–Crippen MR) is 119 cm³/mol. The molecule has 170 valence electrons. The maximum atomic E-state index is 13.1. The molecule has 1 heterocycles. The van der Waals surface area contributed by atoms with E-state index in [1.807, 2.05) is 12.1 Å². The maximum absolute atomic E-state index is 13.1. The van der Waals surface area contributed by atoms with Gasteiger partial charge in [-0.1, -0.05) is 6.92 Å². The third-order valence-electron chi connectivity index (χ3n) is 8.90. The number of fused-ring (bicyclic) bond motifs is 2. The van der Waals surface area contributed by atoms with E-state index in [0.717, 1.165) is 36.6 Å². The summed E-state index contributed by atoms with van der Waals surface area (Å²) in [5.41, 5.74) is 2.96. The van der Waals surface area contributed by atoms with Crippen LogP contribution < -0.4 is 9.47 Å². The highest BCUT2D eigenvalue weighted by Crippen LogP contribution is 2.74. The molecule has 4 aliphatic carbocycles. The monoisotopic (exact) mass is 437 g/mol. The van der Waals surface area contributed by atoms with Crippen LogP contribution in [0.5, 0.6) is 11.5 Å². The van der Waals surface area contributed by atoms with Gasteiger partial charge in [-0.3, -0.25) is 4.79 Å². The molecular formula is C26H31NO5. The number of rotatable bonds is 6. The van der Waals surface area contributed by atoms with Crippen LogP contribution >= 0.6 is 0 Å². The molecule has 6 heteroatoms. The summed E-state index contributed by atoms with van der Waals surface area (Å²) in [4.78, 5) is 27.6. The number of Topliss-reactive ketones (excluding diaryl/α,β-unsaturated/α-hetero) is 1. The number of hydrogen-bond donors (Lipinski definition) is 0. The Balaban J connectivity index is 1.58. The lowest BCUT2D eigenvalue weighted by atomic mass is 9.60. The Morgan fingerprint density at radius 3 is 2.75 bits per heavy atom. The molecule has 32 heavy (non-hydrogen) atoms. The first-order valence-corrected chi connectivity index (χ1v) is 11.8. The minimum atomic E-state index is -0.426. The van der Waals surface area contributed by atoms with Gasteiger partial charge in [0.1, 0.15) is 0 Å². The molecule has 0 saturated heterocycles. The highest BCUT2D eigenvalue weighted by molar-refractivity contribution is 5.92. The summed E-state index contributed by atoms with van der Waals surface area (Å²) in [5.74, 6) is 2.40. The molecule has 1 spiro atoms. The van der Waals surface area contributed by atoms with E-state index >= 15 is 0 Å². The van der Waals surface area contributed by atoms with Crippen molar-refractivity contribution < 1.29 is 23.8 Å². The van der Waals surface area contributed by atoms with Gasteiger partial charge in [0.05, 0.1) is 14.2 Å². The van der Waals surface area contributed by atoms with Crippen LogP contribution in [-0.2, 0) is 25.2 Å². The molecule has 3 fully saturated rings. The van der Waals surface area contributed by atoms with E-state index in [-0.39, 0.29) is 22.6 Å². The third-order valence-corrected chi connectivity index (χ3v) is 8.90. The summed E-state index contributed by atoms with van der Waals surface area (Å²) < 4.78 is 17.0. The Morgan fingerprint density at radius 2 is 2.06 bits per heavy atom. The smallest absolute Gasteiger partial charge is 0.330 e. The molecule has 6 nitrogen and oxygen atoms in total. The Bertz CT molecular complexity index is 1060. The first kappa shape index (κ1) is 20.3. The number of carbonyl (C=O) groups is 2. The molecule has 1 aliphatic heterocycles. The first-order chi connectivity index (χ1) is 15.3. The van der Waals surface area contributed by atoms with Crippen LogP contribution in [0.25, 0.3) is 6.08 Å². The van der Waals surface area contributed by atoms with Crippen LogP contribution in [0.4, 0.5) is 0 Å². The van der Waals surface area contributed by atoms with Crippen molar-refractivity contribution in [2.75, 3.05) is 27.8 Å². The maximum Gasteiger partial charge on any atom is 0.330 e. The summed E-state index contributed by atoms with van der Waals surface area (Å²) in [6, 6.07) is 2.31. The highest BCUT2D eigenvalue weighted by Gasteiger charge is 2.76. The lowest BCUT2D eigenvalue weighted by Gasteiger charge is -2.48. The van der Waals surface area contributed by atoms with Crippen molar-refractivity contribution in [3.8, 4) is 11.5 Å². The predicted octanol–water partition coefficient (Wildman–Crippen LogP) is 3.24. The summed E-state index contributed by atoms with van der Waals surface area (Å²) in [6.45, 7) is 3.48. The van der Waals surface area contributed by atoms with Gasteiger partial charge in [0.25, 0.3) is 0 Å². The van der Waals surface area contributed by atoms with Crippen molar-refractivity contribution >= 4 is 17.8 Å². The van der Waals surface area contributed by atoms with Gasteiger partial charge in [-0.15, -0.1) is 0 Å². The molecule has 5 aliphatic rings. The fourth-order valence-electron chi connectivity index (χ4n) is 7.88. The topological polar surface area (TPSA) is 65.1 Å². The quantitative estimate of drug-likeness (QED) is 0.503. The number of hydrogen-bond acceptors (Lipinski definition) is 6. The number of ketones is 1. The van der Waals surface area contributed by atoms with E-state index in [1.54, 1.807) is 7.11 Å². The molecule has 2 bridgehead atoms. The summed E-state index contributed by atoms with van der Waals surface area (Å²) in [6.07, 6.45) is 7.94. The van der Waals surface area contributed by atoms with Crippen LogP contribution in [0, 0.1) is 11.8 Å². The second-order valence-corrected chi connectivity index (χ2v) is 10.7. The molecule has 1 aromatic rings. The van der Waals surface area contributed by atoms with Gasteiger partial charge in [-0.05, 0) is 67.8 Å². The standard InChI is InChI=1S/C26H31NO5/c1-25-13-26-16(23(25)27(2)12-14-5-6-14)8-9-17(28)24(26)32-22-18(30-3)11-15(20(25)21(22)26)7-10-19(29)31-4/h7,10-11,14,16,23-24H,5-6,8-9,12-13H2,1-4H3/b10-7+/t16?,23?,24?,25?,26-/m1/s1. The van der Waals surface area contributed by atoms with Crippen molar-refractivity contribution in [3.63, 3.8) is 0 Å². The second kappa shape index (κ2) is 6.60. The van der Waals surface area contributed by atoms with Crippen LogP contribution in [0.15, 0.2) is 12.1 Å². The number of likely N-dealkylation sites (N-methyl/N-ethyl adjacent to an activating group) is 1. The average Bonchev–Trinajstić information content (AvgIpc) is 3.37. The zero-order valence-electron chi connectivity index (χ0n) is 19.3. The van der Waals surface area contributed by atoms with Crippen LogP contribution in [0.2, 0.25) is 0 Å². The SMILES string of the molecule is COC(=O)/C=C/c1cc(OC)c2c3c1C1(C)C[C@]34C(O2)C(=O)CCC4C1N(C)CC1CC1. The Kier molecular flexibility index (Phi) is 4.18. The molecule has 3 saturated carbocycles. The molecule has 6 rings (SSSR count). The zero-order chi connectivity index (χ0) is 22.4. The van der Waals surface area contributed by atoms with E-state index in [2.05, 4.69) is 18.9 Å². The Morgan fingerprint density at radius 1 is 1.28 bits per heavy atom. The van der Waals surface area contributed by atoms with Crippen LogP contribution in [-0.4, -0.2) is 56.6 Å². The van der Waals surface area contributed by atoms with E-state index in [9.17, 15) is 9.59 Å². The fraction of sp³-hybridized carbons (Fsp3) is 0.615. The normalized spacial score (nSPS) is 36.0. The van der Waals surface area contributed by atoms with Gasteiger partial charge in [-0.25, -0.2) is 4.79 Å². The first-order valence-electron chi connectivity index (χ1n) is 11.8. The fourth-order valence-corrected chi connectivity index (χ4v) is 7.88. The minimum absolute atomic E-state index is 0.118. The number of esters is 1. The number of carbonyl (C=O) groups excluding carboxylic acids is 2. The third kappa shape index (κ3) is 2.39. The van der Waals surface area contributed by atoms with E-state index in [4.69, 9.17) is 14.2 Å². The molecule has 0 amide bonds. The number of nitrogens with zero attached hydrogens (tertiary/aromatic N) is 1. The average molecular weight is 438 g/mol. The Labute approximate surface area is 188 Å². The van der Waals surface area contributed by atoms with Gasteiger partial charge >= 0.3 is 5.97 Å². The van der Waals surface area contributed by atoms with Gasteiger partial charge < -0.3 is 19.1 Å². The van der Waals surface area contributed by atoms with E-state index < -0.39 is 6.10 Å². The van der Waals surface area contributed by atoms with Crippen molar-refractivity contribution in [3.05, 3.63) is 28.8 Å². The number of methoxy groups -OCH3 is 2. The lowest BCUT2D eigenvalue weighted by Crippen LogP contribution is -2.57. The van der Waals surface area contributed by atoms with Crippen molar-refractivity contribution in [1.29, 1.82) is 0 Å². The van der Waals surface area contributed by atoms with E-state index in [0.29, 0.717) is 24.1 Å². The summed E-state index contributed by atoms with van der Waals surface area (Å²) in [5, 5.41) is 0. The number of benzene rings is 1. The molecule has 1 aromatic carbocycles. The zero-order valence-corrected chi connectivity index (χ0v) is 19.3. The van der Waals surface area contributed by atoms with Crippen LogP contribution in [0.3, 0.4) is 0 Å². The van der Waals surface area contributed by atoms with Gasteiger partial charge in [-0.2, -0.15) is 0 Å². The number of ether oxygens (including phenoxy) is 3. The largest absolute Gasteiger partial charge is 0.493 e.